The molecule has 1 spiro atoms. The molecule has 2 heterocycles. The number of rotatable bonds is 3. The Hall–Kier alpha value is -1.88. The third-order valence-electron chi connectivity index (χ3n) is 4.55. The zero-order valence-corrected chi connectivity index (χ0v) is 11.4. The predicted octanol–water partition coefficient (Wildman–Crippen LogP) is 2.21. The normalized spacial score (nSPS) is 27.9. The number of hydrogen-bond acceptors (Lipinski definition) is 5. The van der Waals surface area contributed by atoms with E-state index >= 15 is 0 Å². The molecule has 5 heteroatoms. The van der Waals surface area contributed by atoms with E-state index in [0.717, 1.165) is 36.7 Å². The number of para-hydroxylation sites is 1. The molecule has 0 amide bonds. The smallest absolute Gasteiger partial charge is 0.230 e. The predicted molar refractivity (Wildman–Crippen MR) is 73.6 cm³/mol. The minimum Gasteiger partial charge on any atom is -0.496 e. The number of methoxy groups -OCH3 is 1. The van der Waals surface area contributed by atoms with E-state index in [9.17, 15) is 0 Å². The van der Waals surface area contributed by atoms with Crippen molar-refractivity contribution in [2.75, 3.05) is 20.2 Å². The molecule has 2 aliphatic rings. The fourth-order valence-corrected chi connectivity index (χ4v) is 3.25. The highest BCUT2D eigenvalue weighted by atomic mass is 16.5. The van der Waals surface area contributed by atoms with Crippen LogP contribution in [0.25, 0.3) is 11.4 Å². The molecule has 1 aliphatic carbocycles. The molecule has 1 aromatic carbocycles. The first kappa shape index (κ1) is 11.9. The minimum absolute atomic E-state index is 0.380. The largest absolute Gasteiger partial charge is 0.496 e. The van der Waals surface area contributed by atoms with Gasteiger partial charge in [0.25, 0.3) is 0 Å². The topological polar surface area (TPSA) is 60.2 Å². The molecule has 2 aromatic rings. The van der Waals surface area contributed by atoms with Crippen LogP contribution < -0.4 is 10.1 Å². The maximum absolute atomic E-state index is 5.48. The Balaban J connectivity index is 1.63. The molecule has 1 N–H and O–H groups in total. The van der Waals surface area contributed by atoms with Gasteiger partial charge >= 0.3 is 0 Å². The molecular formula is C15H17N3O2. The summed E-state index contributed by atoms with van der Waals surface area (Å²) in [7, 11) is 1.65. The molecule has 1 saturated carbocycles. The van der Waals surface area contributed by atoms with Gasteiger partial charge in [0.1, 0.15) is 5.75 Å². The molecular weight excluding hydrogens is 254 g/mol. The van der Waals surface area contributed by atoms with E-state index in [0.29, 0.717) is 17.2 Å². The van der Waals surface area contributed by atoms with E-state index in [1.54, 1.807) is 7.11 Å². The quantitative estimate of drug-likeness (QED) is 0.927. The van der Waals surface area contributed by atoms with Gasteiger partial charge in [-0.25, -0.2) is 0 Å². The van der Waals surface area contributed by atoms with Crippen molar-refractivity contribution in [2.45, 2.75) is 18.8 Å². The summed E-state index contributed by atoms with van der Waals surface area (Å²) in [5, 5.41) is 7.55. The number of nitrogens with zero attached hydrogens (tertiary/aromatic N) is 2. The van der Waals surface area contributed by atoms with Crippen molar-refractivity contribution in [3.63, 3.8) is 0 Å². The molecule has 4 rings (SSSR count). The molecule has 0 bridgehead atoms. The Kier molecular flexibility index (Phi) is 2.57. The fourth-order valence-electron chi connectivity index (χ4n) is 3.25. The number of aromatic nitrogens is 2. The highest BCUT2D eigenvalue weighted by Crippen LogP contribution is 2.62. The average molecular weight is 271 g/mol. The summed E-state index contributed by atoms with van der Waals surface area (Å²) in [5.41, 5.74) is 1.26. The van der Waals surface area contributed by atoms with Crippen LogP contribution in [0.5, 0.6) is 5.75 Å². The van der Waals surface area contributed by atoms with Crippen LogP contribution in [0.4, 0.5) is 0 Å². The summed E-state index contributed by atoms with van der Waals surface area (Å²) in [4.78, 5) is 4.58. The molecule has 20 heavy (non-hydrogen) atoms. The van der Waals surface area contributed by atoms with E-state index in [2.05, 4.69) is 15.5 Å². The molecule has 2 atom stereocenters. The highest BCUT2D eigenvalue weighted by molar-refractivity contribution is 5.63. The summed E-state index contributed by atoms with van der Waals surface area (Å²) in [6.07, 6.45) is 2.37. The van der Waals surface area contributed by atoms with Crippen molar-refractivity contribution in [1.82, 2.24) is 15.5 Å². The van der Waals surface area contributed by atoms with Crippen LogP contribution in [0.2, 0.25) is 0 Å². The summed E-state index contributed by atoms with van der Waals surface area (Å²) >= 11 is 0. The first-order valence-electron chi connectivity index (χ1n) is 7.00. The van der Waals surface area contributed by atoms with Gasteiger partial charge in [0.05, 0.1) is 12.7 Å². The first-order valence-corrected chi connectivity index (χ1v) is 7.00. The SMILES string of the molecule is COc1ccccc1-c1noc(C2CC23CCNC3)n1. The lowest BCUT2D eigenvalue weighted by Crippen LogP contribution is -2.10. The van der Waals surface area contributed by atoms with Crippen LogP contribution in [0, 0.1) is 5.41 Å². The Morgan fingerprint density at radius 1 is 1.40 bits per heavy atom. The highest BCUT2D eigenvalue weighted by Gasteiger charge is 2.58. The lowest BCUT2D eigenvalue weighted by atomic mass is 10.0. The zero-order chi connectivity index (χ0) is 13.6. The number of nitrogens with one attached hydrogen (secondary N) is 1. The lowest BCUT2D eigenvalue weighted by molar-refractivity contribution is 0.363. The molecule has 2 unspecified atom stereocenters. The van der Waals surface area contributed by atoms with E-state index < -0.39 is 0 Å². The Morgan fingerprint density at radius 2 is 2.30 bits per heavy atom. The summed E-state index contributed by atoms with van der Waals surface area (Å²) in [6.45, 7) is 2.17. The molecule has 2 fully saturated rings. The number of benzene rings is 1. The standard InChI is InChI=1S/C15H17N3O2/c1-19-12-5-3-2-4-10(12)13-17-14(20-18-13)11-8-15(11)6-7-16-9-15/h2-5,11,16H,6-9H2,1H3. The summed E-state index contributed by atoms with van der Waals surface area (Å²) in [6, 6.07) is 7.74. The van der Waals surface area contributed by atoms with Crippen molar-refractivity contribution in [3.05, 3.63) is 30.2 Å². The van der Waals surface area contributed by atoms with Crippen LogP contribution in [-0.4, -0.2) is 30.3 Å². The third-order valence-corrected chi connectivity index (χ3v) is 4.55. The van der Waals surface area contributed by atoms with E-state index in [4.69, 9.17) is 9.26 Å². The van der Waals surface area contributed by atoms with Gasteiger partial charge in [0.15, 0.2) is 0 Å². The number of ether oxygens (including phenoxy) is 1. The molecule has 1 aromatic heterocycles. The van der Waals surface area contributed by atoms with Crippen LogP contribution in [-0.2, 0) is 0 Å². The zero-order valence-electron chi connectivity index (χ0n) is 11.4. The monoisotopic (exact) mass is 271 g/mol. The lowest BCUT2D eigenvalue weighted by Gasteiger charge is -2.03. The summed E-state index contributed by atoms with van der Waals surface area (Å²) in [5.74, 6) is 2.58. The van der Waals surface area contributed by atoms with Crippen LogP contribution in [0.15, 0.2) is 28.8 Å². The second-order valence-electron chi connectivity index (χ2n) is 5.70. The van der Waals surface area contributed by atoms with Crippen molar-refractivity contribution in [2.24, 2.45) is 5.41 Å². The molecule has 0 radical (unpaired) electrons. The van der Waals surface area contributed by atoms with Crippen LogP contribution >= 0.6 is 0 Å². The molecule has 1 aliphatic heterocycles. The van der Waals surface area contributed by atoms with E-state index in [1.807, 2.05) is 24.3 Å². The van der Waals surface area contributed by atoms with E-state index in [1.165, 1.54) is 6.42 Å². The minimum atomic E-state index is 0.380. The van der Waals surface area contributed by atoms with Crippen molar-refractivity contribution in [3.8, 4) is 17.1 Å². The van der Waals surface area contributed by atoms with Gasteiger partial charge in [-0.1, -0.05) is 17.3 Å². The fraction of sp³-hybridized carbons (Fsp3) is 0.467. The van der Waals surface area contributed by atoms with Crippen molar-refractivity contribution >= 4 is 0 Å². The van der Waals surface area contributed by atoms with Crippen LogP contribution in [0.3, 0.4) is 0 Å². The first-order chi connectivity index (χ1) is 9.82. The van der Waals surface area contributed by atoms with Gasteiger partial charge in [-0.3, -0.25) is 0 Å². The Labute approximate surface area is 117 Å². The van der Waals surface area contributed by atoms with Gasteiger partial charge < -0.3 is 14.6 Å². The van der Waals surface area contributed by atoms with E-state index in [-0.39, 0.29) is 0 Å². The van der Waals surface area contributed by atoms with Crippen molar-refractivity contribution < 1.29 is 9.26 Å². The van der Waals surface area contributed by atoms with Gasteiger partial charge in [0, 0.05) is 12.5 Å². The molecule has 1 saturated heterocycles. The third kappa shape index (κ3) is 1.73. The molecule has 5 nitrogen and oxygen atoms in total. The second-order valence-corrected chi connectivity index (χ2v) is 5.70. The van der Waals surface area contributed by atoms with Gasteiger partial charge in [0.2, 0.25) is 11.7 Å². The maximum Gasteiger partial charge on any atom is 0.230 e. The molecule has 104 valence electrons. The van der Waals surface area contributed by atoms with Gasteiger partial charge in [-0.15, -0.1) is 0 Å². The van der Waals surface area contributed by atoms with Crippen molar-refractivity contribution in [1.29, 1.82) is 0 Å². The second kappa shape index (κ2) is 4.31. The maximum atomic E-state index is 5.48. The van der Waals surface area contributed by atoms with Crippen LogP contribution in [0.1, 0.15) is 24.7 Å². The van der Waals surface area contributed by atoms with Gasteiger partial charge in [-0.05, 0) is 36.9 Å². The summed E-state index contributed by atoms with van der Waals surface area (Å²) < 4.78 is 10.8. The average Bonchev–Trinajstić information content (AvgIpc) is 2.86. The Morgan fingerprint density at radius 3 is 3.10 bits per heavy atom. The Bertz CT molecular complexity index is 632. The van der Waals surface area contributed by atoms with Gasteiger partial charge in [-0.2, -0.15) is 4.98 Å². The number of hydrogen-bond donors (Lipinski definition) is 1.